The molecular weight excluding hydrogens is 192 g/mol. The molecule has 0 unspecified atom stereocenters. The highest BCUT2D eigenvalue weighted by molar-refractivity contribution is 7.10. The van der Waals surface area contributed by atoms with Gasteiger partial charge in [-0.05, 0) is 43.1 Å². The van der Waals surface area contributed by atoms with Crippen LogP contribution in [0.5, 0.6) is 0 Å². The van der Waals surface area contributed by atoms with Gasteiger partial charge in [0.25, 0.3) is 0 Å². The van der Waals surface area contributed by atoms with Crippen molar-refractivity contribution >= 4 is 11.3 Å². The van der Waals surface area contributed by atoms with E-state index in [4.69, 9.17) is 5.73 Å². The summed E-state index contributed by atoms with van der Waals surface area (Å²) in [4.78, 5) is 3.88. The minimum Gasteiger partial charge on any atom is -0.330 e. The molecule has 0 amide bonds. The Morgan fingerprint density at radius 3 is 2.64 bits per heavy atom. The average Bonchev–Trinajstić information content (AvgIpc) is 2.63. The van der Waals surface area contributed by atoms with E-state index in [-0.39, 0.29) is 0 Å². The first-order chi connectivity index (χ1) is 6.80. The summed E-state index contributed by atoms with van der Waals surface area (Å²) in [5.41, 5.74) is 6.91. The molecule has 1 aromatic heterocycles. The van der Waals surface area contributed by atoms with Crippen LogP contribution in [0, 0.1) is 0 Å². The van der Waals surface area contributed by atoms with Crippen molar-refractivity contribution in [1.82, 2.24) is 4.90 Å². The maximum Gasteiger partial charge on any atom is 0.0327 e. The van der Waals surface area contributed by atoms with Crippen molar-refractivity contribution in [3.05, 3.63) is 21.9 Å². The molecule has 80 valence electrons. The van der Waals surface area contributed by atoms with Crippen molar-refractivity contribution in [3.63, 3.8) is 0 Å². The van der Waals surface area contributed by atoms with Gasteiger partial charge in [-0.3, -0.25) is 4.90 Å². The van der Waals surface area contributed by atoms with Crippen LogP contribution in [0.15, 0.2) is 11.4 Å². The van der Waals surface area contributed by atoms with Crippen LogP contribution in [0.2, 0.25) is 0 Å². The third-order valence-corrected chi connectivity index (χ3v) is 3.39. The molecule has 1 rings (SSSR count). The van der Waals surface area contributed by atoms with Crippen molar-refractivity contribution in [3.8, 4) is 0 Å². The zero-order chi connectivity index (χ0) is 10.4. The van der Waals surface area contributed by atoms with Gasteiger partial charge in [0.05, 0.1) is 0 Å². The molecule has 1 heterocycles. The van der Waals surface area contributed by atoms with E-state index >= 15 is 0 Å². The molecule has 0 aliphatic rings. The normalized spacial score (nSPS) is 11.1. The highest BCUT2D eigenvalue weighted by Crippen LogP contribution is 2.16. The summed E-state index contributed by atoms with van der Waals surface area (Å²) in [5, 5.41) is 2.23. The number of hydrogen-bond acceptors (Lipinski definition) is 3. The number of thiophene rings is 1. The van der Waals surface area contributed by atoms with Crippen LogP contribution < -0.4 is 5.73 Å². The minimum absolute atomic E-state index is 0.751. The maximum absolute atomic E-state index is 5.52. The molecule has 1 aromatic rings. The summed E-state index contributed by atoms with van der Waals surface area (Å²) < 4.78 is 0. The molecule has 3 heteroatoms. The van der Waals surface area contributed by atoms with Crippen molar-refractivity contribution in [2.24, 2.45) is 5.73 Å². The molecule has 0 aliphatic heterocycles. The summed E-state index contributed by atoms with van der Waals surface area (Å²) in [6.07, 6.45) is 1.01. The smallest absolute Gasteiger partial charge is 0.0327 e. The monoisotopic (exact) mass is 212 g/mol. The first-order valence-corrected chi connectivity index (χ1v) is 6.16. The Balaban J connectivity index is 2.49. The zero-order valence-electron chi connectivity index (χ0n) is 9.12. The van der Waals surface area contributed by atoms with Crippen LogP contribution in [-0.4, -0.2) is 24.5 Å². The molecule has 0 spiro atoms. The molecule has 0 bridgehead atoms. The summed E-state index contributed by atoms with van der Waals surface area (Å²) in [5.74, 6) is 0. The van der Waals surface area contributed by atoms with Gasteiger partial charge in [0.15, 0.2) is 0 Å². The molecule has 0 radical (unpaired) electrons. The van der Waals surface area contributed by atoms with E-state index < -0.39 is 0 Å². The second-order valence-corrected chi connectivity index (χ2v) is 4.42. The van der Waals surface area contributed by atoms with Crippen molar-refractivity contribution < 1.29 is 0 Å². The van der Waals surface area contributed by atoms with Gasteiger partial charge in [0.2, 0.25) is 0 Å². The number of rotatable bonds is 6. The Morgan fingerprint density at radius 1 is 1.36 bits per heavy atom. The summed E-state index contributed by atoms with van der Waals surface area (Å²) in [6, 6.07) is 2.29. The second kappa shape index (κ2) is 6.17. The molecule has 0 saturated carbocycles. The quantitative estimate of drug-likeness (QED) is 0.782. The van der Waals surface area contributed by atoms with Gasteiger partial charge < -0.3 is 5.73 Å². The molecule has 0 aliphatic carbocycles. The number of nitrogens with zero attached hydrogens (tertiary/aromatic N) is 1. The lowest BCUT2D eigenvalue weighted by Crippen LogP contribution is -2.21. The van der Waals surface area contributed by atoms with Crippen LogP contribution >= 0.6 is 11.3 Å². The van der Waals surface area contributed by atoms with Gasteiger partial charge in [-0.25, -0.2) is 0 Å². The van der Waals surface area contributed by atoms with Gasteiger partial charge in [-0.15, -0.1) is 11.3 Å². The second-order valence-electron chi connectivity index (χ2n) is 3.42. The van der Waals surface area contributed by atoms with Crippen LogP contribution in [0.25, 0.3) is 0 Å². The standard InChI is InChI=1S/C11H20N2S/c1-3-13(4-2)8-11-7-10(5-6-12)9-14-11/h7,9H,3-6,8,12H2,1-2H3. The fourth-order valence-corrected chi connectivity index (χ4v) is 2.44. The number of nitrogens with two attached hydrogens (primary N) is 1. The minimum atomic E-state index is 0.751. The Bertz CT molecular complexity index is 254. The first-order valence-electron chi connectivity index (χ1n) is 5.28. The summed E-state index contributed by atoms with van der Waals surface area (Å²) in [7, 11) is 0. The zero-order valence-corrected chi connectivity index (χ0v) is 9.94. The lowest BCUT2D eigenvalue weighted by Gasteiger charge is -2.16. The van der Waals surface area contributed by atoms with Gasteiger partial charge in [-0.1, -0.05) is 13.8 Å². The molecule has 0 aromatic carbocycles. The molecule has 2 N–H and O–H groups in total. The molecule has 2 nitrogen and oxygen atoms in total. The molecule has 0 saturated heterocycles. The lowest BCUT2D eigenvalue weighted by atomic mass is 10.2. The summed E-state index contributed by atoms with van der Waals surface area (Å²) >= 11 is 1.85. The van der Waals surface area contributed by atoms with Gasteiger partial charge in [0, 0.05) is 11.4 Å². The predicted octanol–water partition coefficient (Wildman–Crippen LogP) is 2.09. The fraction of sp³-hybridized carbons (Fsp3) is 0.636. The van der Waals surface area contributed by atoms with Crippen molar-refractivity contribution in [1.29, 1.82) is 0 Å². The Kier molecular flexibility index (Phi) is 5.15. The third-order valence-electron chi connectivity index (χ3n) is 2.41. The molecule has 14 heavy (non-hydrogen) atoms. The van der Waals surface area contributed by atoms with E-state index in [2.05, 4.69) is 30.2 Å². The average molecular weight is 212 g/mol. The maximum atomic E-state index is 5.52. The van der Waals surface area contributed by atoms with Gasteiger partial charge in [-0.2, -0.15) is 0 Å². The van der Waals surface area contributed by atoms with Crippen LogP contribution in [-0.2, 0) is 13.0 Å². The lowest BCUT2D eigenvalue weighted by molar-refractivity contribution is 0.298. The van der Waals surface area contributed by atoms with Gasteiger partial charge >= 0.3 is 0 Å². The van der Waals surface area contributed by atoms with E-state index in [1.807, 2.05) is 11.3 Å². The molecule has 0 fully saturated rings. The topological polar surface area (TPSA) is 29.3 Å². The summed E-state index contributed by atoms with van der Waals surface area (Å²) in [6.45, 7) is 8.50. The van der Waals surface area contributed by atoms with Crippen molar-refractivity contribution in [2.45, 2.75) is 26.8 Å². The largest absolute Gasteiger partial charge is 0.330 e. The van der Waals surface area contributed by atoms with E-state index in [1.165, 1.54) is 10.4 Å². The fourth-order valence-electron chi connectivity index (χ4n) is 1.47. The molecular formula is C11H20N2S. The Morgan fingerprint density at radius 2 is 2.07 bits per heavy atom. The Hall–Kier alpha value is -0.380. The molecule has 0 atom stereocenters. The SMILES string of the molecule is CCN(CC)Cc1cc(CCN)cs1. The van der Waals surface area contributed by atoms with E-state index in [9.17, 15) is 0 Å². The van der Waals surface area contributed by atoms with E-state index in [0.717, 1.165) is 32.6 Å². The highest BCUT2D eigenvalue weighted by Gasteiger charge is 2.03. The van der Waals surface area contributed by atoms with E-state index in [1.54, 1.807) is 0 Å². The highest BCUT2D eigenvalue weighted by atomic mass is 32.1. The first kappa shape index (κ1) is 11.7. The van der Waals surface area contributed by atoms with Crippen LogP contribution in [0.4, 0.5) is 0 Å². The third kappa shape index (κ3) is 3.40. The van der Waals surface area contributed by atoms with Crippen LogP contribution in [0.1, 0.15) is 24.3 Å². The Labute approximate surface area is 90.7 Å². The van der Waals surface area contributed by atoms with E-state index in [0.29, 0.717) is 0 Å². The van der Waals surface area contributed by atoms with Crippen LogP contribution in [0.3, 0.4) is 0 Å². The van der Waals surface area contributed by atoms with Gasteiger partial charge in [0.1, 0.15) is 0 Å². The predicted molar refractivity (Wildman–Crippen MR) is 63.7 cm³/mol. The van der Waals surface area contributed by atoms with Crippen molar-refractivity contribution in [2.75, 3.05) is 19.6 Å². The number of hydrogen-bond donors (Lipinski definition) is 1.